The minimum Gasteiger partial charge on any atom is -0.327 e. The van der Waals surface area contributed by atoms with E-state index in [1.807, 2.05) is 6.08 Å². The highest BCUT2D eigenvalue weighted by Crippen LogP contribution is 2.00. The Bertz CT molecular complexity index is 156. The third-order valence-electron chi connectivity index (χ3n) is 2.48. The van der Waals surface area contributed by atoms with Gasteiger partial charge in [-0.15, -0.1) is 0 Å². The van der Waals surface area contributed by atoms with Gasteiger partial charge in [0.2, 0.25) is 0 Å². The van der Waals surface area contributed by atoms with E-state index < -0.39 is 0 Å². The number of nitrogens with two attached hydrogens (primary N) is 1. The Labute approximate surface area is 81.2 Å². The van der Waals surface area contributed by atoms with Crippen LogP contribution < -0.4 is 5.73 Å². The molecule has 0 unspecified atom stereocenters. The van der Waals surface area contributed by atoms with Crippen LogP contribution in [0.3, 0.4) is 0 Å². The summed E-state index contributed by atoms with van der Waals surface area (Å²) in [7, 11) is 2.19. The molecular formula is C10H21N3. The molecule has 0 amide bonds. The number of hydrogen-bond acceptors (Lipinski definition) is 3. The zero-order valence-corrected chi connectivity index (χ0v) is 8.58. The van der Waals surface area contributed by atoms with Gasteiger partial charge in [-0.2, -0.15) is 0 Å². The molecule has 1 rings (SSSR count). The number of rotatable bonds is 3. The molecule has 76 valence electrons. The number of likely N-dealkylation sites (N-methyl/N-ethyl adjacent to an activating group) is 1. The first-order valence-corrected chi connectivity index (χ1v) is 5.09. The second-order valence-electron chi connectivity index (χ2n) is 3.66. The van der Waals surface area contributed by atoms with E-state index in [0.29, 0.717) is 6.54 Å². The maximum Gasteiger partial charge on any atom is 0.0164 e. The molecule has 0 bridgehead atoms. The molecule has 1 heterocycles. The lowest BCUT2D eigenvalue weighted by Crippen LogP contribution is -2.29. The molecule has 0 atom stereocenters. The molecule has 1 aliphatic heterocycles. The topological polar surface area (TPSA) is 32.5 Å². The Morgan fingerprint density at radius 1 is 1.15 bits per heavy atom. The summed E-state index contributed by atoms with van der Waals surface area (Å²) in [6.45, 7) is 6.55. The lowest BCUT2D eigenvalue weighted by Gasteiger charge is -2.17. The quantitative estimate of drug-likeness (QED) is 0.632. The molecule has 0 saturated carbocycles. The van der Waals surface area contributed by atoms with Gasteiger partial charge in [0.05, 0.1) is 0 Å². The molecular weight excluding hydrogens is 162 g/mol. The average Bonchev–Trinajstić information content (AvgIpc) is 2.32. The van der Waals surface area contributed by atoms with Crippen molar-refractivity contribution in [2.24, 2.45) is 5.73 Å². The van der Waals surface area contributed by atoms with Gasteiger partial charge in [-0.1, -0.05) is 12.2 Å². The van der Waals surface area contributed by atoms with Crippen LogP contribution in [0.25, 0.3) is 0 Å². The SMILES string of the molecule is CN1CCCN(C/C=C/CN)CC1. The van der Waals surface area contributed by atoms with E-state index in [4.69, 9.17) is 5.73 Å². The summed E-state index contributed by atoms with van der Waals surface area (Å²) < 4.78 is 0. The zero-order valence-electron chi connectivity index (χ0n) is 8.58. The van der Waals surface area contributed by atoms with Crippen molar-refractivity contribution in [1.29, 1.82) is 0 Å². The summed E-state index contributed by atoms with van der Waals surface area (Å²) in [6.07, 6.45) is 5.49. The molecule has 1 saturated heterocycles. The van der Waals surface area contributed by atoms with E-state index in [2.05, 4.69) is 22.9 Å². The van der Waals surface area contributed by atoms with Gasteiger partial charge in [-0.3, -0.25) is 4.90 Å². The Kier molecular flexibility index (Phi) is 5.05. The third-order valence-corrected chi connectivity index (χ3v) is 2.48. The third kappa shape index (κ3) is 4.41. The highest BCUT2D eigenvalue weighted by Gasteiger charge is 2.09. The number of nitrogens with zero attached hydrogens (tertiary/aromatic N) is 2. The summed E-state index contributed by atoms with van der Waals surface area (Å²) in [5.41, 5.74) is 5.38. The summed E-state index contributed by atoms with van der Waals surface area (Å²) >= 11 is 0. The fourth-order valence-electron chi connectivity index (χ4n) is 1.60. The van der Waals surface area contributed by atoms with Crippen molar-refractivity contribution >= 4 is 0 Å². The van der Waals surface area contributed by atoms with Crippen molar-refractivity contribution in [3.8, 4) is 0 Å². The van der Waals surface area contributed by atoms with Crippen molar-refractivity contribution in [2.75, 3.05) is 46.3 Å². The molecule has 2 N–H and O–H groups in total. The van der Waals surface area contributed by atoms with E-state index in [1.54, 1.807) is 0 Å². The Balaban J connectivity index is 2.21. The first-order valence-electron chi connectivity index (χ1n) is 5.09. The molecule has 0 aliphatic carbocycles. The Morgan fingerprint density at radius 2 is 2.00 bits per heavy atom. The molecule has 0 spiro atoms. The van der Waals surface area contributed by atoms with Crippen LogP contribution in [0, 0.1) is 0 Å². The van der Waals surface area contributed by atoms with Crippen molar-refractivity contribution in [3.05, 3.63) is 12.2 Å². The van der Waals surface area contributed by atoms with Gasteiger partial charge in [-0.05, 0) is 26.6 Å². The lowest BCUT2D eigenvalue weighted by atomic mass is 10.3. The van der Waals surface area contributed by atoms with Gasteiger partial charge in [0, 0.05) is 26.2 Å². The Morgan fingerprint density at radius 3 is 2.77 bits per heavy atom. The molecule has 0 radical (unpaired) electrons. The van der Waals surface area contributed by atoms with Crippen molar-refractivity contribution in [3.63, 3.8) is 0 Å². The molecule has 0 aromatic heterocycles. The molecule has 3 heteroatoms. The van der Waals surface area contributed by atoms with Gasteiger partial charge in [0.25, 0.3) is 0 Å². The van der Waals surface area contributed by atoms with Crippen LogP contribution in [-0.2, 0) is 0 Å². The van der Waals surface area contributed by atoms with E-state index >= 15 is 0 Å². The fourth-order valence-corrected chi connectivity index (χ4v) is 1.60. The van der Waals surface area contributed by atoms with Gasteiger partial charge in [0.1, 0.15) is 0 Å². The maximum atomic E-state index is 5.38. The van der Waals surface area contributed by atoms with Crippen LogP contribution in [0.2, 0.25) is 0 Å². The van der Waals surface area contributed by atoms with E-state index in [-0.39, 0.29) is 0 Å². The van der Waals surface area contributed by atoms with Crippen LogP contribution in [0.15, 0.2) is 12.2 Å². The largest absolute Gasteiger partial charge is 0.327 e. The molecule has 0 aromatic carbocycles. The first-order chi connectivity index (χ1) is 6.33. The van der Waals surface area contributed by atoms with Crippen LogP contribution in [0.5, 0.6) is 0 Å². The Hall–Kier alpha value is -0.380. The van der Waals surface area contributed by atoms with Crippen LogP contribution in [0.4, 0.5) is 0 Å². The minimum absolute atomic E-state index is 0.660. The van der Waals surface area contributed by atoms with Gasteiger partial charge in [0.15, 0.2) is 0 Å². The molecule has 1 fully saturated rings. The van der Waals surface area contributed by atoms with Crippen LogP contribution >= 0.6 is 0 Å². The first kappa shape index (κ1) is 10.7. The standard InChI is InChI=1S/C10H21N3/c1-12-6-4-8-13(10-9-12)7-3-2-5-11/h2-3H,4-11H2,1H3/b3-2+. The monoisotopic (exact) mass is 183 g/mol. The summed E-state index contributed by atoms with van der Waals surface area (Å²) in [5, 5.41) is 0. The second kappa shape index (κ2) is 6.13. The molecule has 0 aromatic rings. The predicted octanol–water partition coefficient (Wildman–Crippen LogP) is 0.139. The highest BCUT2D eigenvalue weighted by molar-refractivity contribution is 4.86. The summed E-state index contributed by atoms with van der Waals surface area (Å²) in [6, 6.07) is 0. The summed E-state index contributed by atoms with van der Waals surface area (Å²) in [5.74, 6) is 0. The molecule has 13 heavy (non-hydrogen) atoms. The smallest absolute Gasteiger partial charge is 0.0164 e. The van der Waals surface area contributed by atoms with Crippen molar-refractivity contribution < 1.29 is 0 Å². The van der Waals surface area contributed by atoms with Crippen LogP contribution in [0.1, 0.15) is 6.42 Å². The van der Waals surface area contributed by atoms with Crippen molar-refractivity contribution in [1.82, 2.24) is 9.80 Å². The molecule has 1 aliphatic rings. The average molecular weight is 183 g/mol. The minimum atomic E-state index is 0.660. The normalized spacial score (nSPS) is 22.3. The van der Waals surface area contributed by atoms with Crippen LogP contribution in [-0.4, -0.2) is 56.1 Å². The summed E-state index contributed by atoms with van der Waals surface area (Å²) in [4.78, 5) is 4.88. The van der Waals surface area contributed by atoms with E-state index in [0.717, 1.165) is 6.54 Å². The van der Waals surface area contributed by atoms with E-state index in [1.165, 1.54) is 32.6 Å². The molecule has 3 nitrogen and oxygen atoms in total. The highest BCUT2D eigenvalue weighted by atomic mass is 15.2. The van der Waals surface area contributed by atoms with Gasteiger partial charge in [-0.25, -0.2) is 0 Å². The zero-order chi connectivity index (χ0) is 9.52. The van der Waals surface area contributed by atoms with Gasteiger partial charge < -0.3 is 10.6 Å². The van der Waals surface area contributed by atoms with Crippen molar-refractivity contribution in [2.45, 2.75) is 6.42 Å². The lowest BCUT2D eigenvalue weighted by molar-refractivity contribution is 0.300. The van der Waals surface area contributed by atoms with E-state index in [9.17, 15) is 0 Å². The second-order valence-corrected chi connectivity index (χ2v) is 3.66. The fraction of sp³-hybridized carbons (Fsp3) is 0.800. The number of hydrogen-bond donors (Lipinski definition) is 1. The predicted molar refractivity (Wildman–Crippen MR) is 56.7 cm³/mol. The maximum absolute atomic E-state index is 5.38. The van der Waals surface area contributed by atoms with Gasteiger partial charge >= 0.3 is 0 Å².